The van der Waals surface area contributed by atoms with Gasteiger partial charge >= 0.3 is 5.97 Å². The highest BCUT2D eigenvalue weighted by Gasteiger charge is 2.67. The molecule has 312 valence electrons. The number of rotatable bonds is 14. The Labute approximate surface area is 335 Å². The predicted molar refractivity (Wildman–Crippen MR) is 225 cm³/mol. The smallest absolute Gasteiger partial charge is 0.312 e. The van der Waals surface area contributed by atoms with Gasteiger partial charge in [0.1, 0.15) is 0 Å². The van der Waals surface area contributed by atoms with Gasteiger partial charge in [-0.2, -0.15) is 0 Å². The molecule has 0 aromatic rings. The van der Waals surface area contributed by atoms with Gasteiger partial charge in [-0.3, -0.25) is 4.79 Å². The fourth-order valence-corrected chi connectivity index (χ4v) is 15.7. The Morgan fingerprint density at radius 1 is 0.964 bits per heavy atom. The molecule has 0 unspecified atom stereocenters. The third-order valence-corrected chi connectivity index (χ3v) is 19.2. The van der Waals surface area contributed by atoms with Crippen molar-refractivity contribution in [2.24, 2.45) is 56.7 Å². The van der Waals surface area contributed by atoms with Crippen molar-refractivity contribution in [1.29, 1.82) is 0 Å². The van der Waals surface area contributed by atoms with Crippen molar-refractivity contribution in [2.75, 3.05) is 57.4 Å². The number of carbonyl (C=O) groups is 1. The highest BCUT2D eigenvalue weighted by atomic mass is 32.2. The predicted octanol–water partition coefficient (Wildman–Crippen LogP) is 8.93. The number of ether oxygens (including phenoxy) is 1. The molecule has 55 heavy (non-hydrogen) atoms. The van der Waals surface area contributed by atoms with Crippen molar-refractivity contribution in [3.8, 4) is 0 Å². The fraction of sp³-hybridized carbons (Fsp3) is 0.851. The van der Waals surface area contributed by atoms with Crippen LogP contribution in [-0.2, 0) is 19.4 Å². The zero-order valence-corrected chi connectivity index (χ0v) is 36.8. The van der Waals surface area contributed by atoms with Crippen molar-refractivity contribution >= 4 is 15.8 Å². The lowest BCUT2D eigenvalue weighted by Gasteiger charge is -2.70. The zero-order valence-electron chi connectivity index (χ0n) is 35.9. The quantitative estimate of drug-likeness (QED) is 0.103. The normalized spacial score (nSPS) is 40.0. The maximum Gasteiger partial charge on any atom is 0.312 e. The molecule has 3 saturated carbocycles. The first-order valence-corrected chi connectivity index (χ1v) is 24.3. The standard InChI is InChI=1S/C47H78N2O5S/c1-9-54-42(51)47(25-31-50)23-16-35(17-24-47)38-18-21-44(6)40(43(38,4)5)19-22-46(8)41(44)15-14-39(37-13-10-12-36(37)34(2)3)45(46,7)20-11-26-48-27-28-49-29-32-55(52,53)33-30-49/h16,18,36-37,39-41,48,50H,2,9-15,17,19-33H2,1,3-8H3/t36-,37+,39+,40-,41+,44-,45+,46+,47+/m0/s1. The third-order valence-electron chi connectivity index (χ3n) is 17.6. The molecule has 0 aromatic heterocycles. The number of carbonyl (C=O) groups excluding carboxylic acids is 1. The second-order valence-electron chi connectivity index (χ2n) is 20.5. The number of aliphatic hydroxyl groups excluding tert-OH is 1. The number of sulfone groups is 1. The molecule has 1 aliphatic heterocycles. The number of hydrogen-bond acceptors (Lipinski definition) is 7. The zero-order chi connectivity index (χ0) is 39.9. The Bertz CT molecular complexity index is 1570. The Morgan fingerprint density at radius 3 is 2.36 bits per heavy atom. The molecule has 4 fully saturated rings. The highest BCUT2D eigenvalue weighted by Crippen LogP contribution is 2.74. The van der Waals surface area contributed by atoms with E-state index >= 15 is 0 Å². The monoisotopic (exact) mass is 783 g/mol. The minimum absolute atomic E-state index is 0.0102. The Hall–Kier alpha value is -1.48. The molecular weight excluding hydrogens is 705 g/mol. The van der Waals surface area contributed by atoms with E-state index in [4.69, 9.17) is 4.74 Å². The molecule has 0 bridgehead atoms. The number of nitrogens with zero attached hydrogens (tertiary/aromatic N) is 1. The van der Waals surface area contributed by atoms with Gasteiger partial charge in [-0.05, 0) is 166 Å². The summed E-state index contributed by atoms with van der Waals surface area (Å²) in [6, 6.07) is 0. The first kappa shape index (κ1) is 43.1. The number of esters is 1. The first-order chi connectivity index (χ1) is 26.0. The lowest BCUT2D eigenvalue weighted by Crippen LogP contribution is -2.63. The summed E-state index contributed by atoms with van der Waals surface area (Å²) in [7, 11) is -2.84. The molecular formula is C47H78N2O5S. The van der Waals surface area contributed by atoms with Gasteiger partial charge in [0.15, 0.2) is 9.84 Å². The summed E-state index contributed by atoms with van der Waals surface area (Å²) in [6.07, 6.45) is 20.5. The van der Waals surface area contributed by atoms with Crippen LogP contribution in [0.5, 0.6) is 0 Å². The van der Waals surface area contributed by atoms with Crippen molar-refractivity contribution in [1.82, 2.24) is 10.2 Å². The summed E-state index contributed by atoms with van der Waals surface area (Å²) in [5.41, 5.74) is 4.54. The van der Waals surface area contributed by atoms with Crippen molar-refractivity contribution in [2.45, 2.75) is 138 Å². The lowest BCUT2D eigenvalue weighted by molar-refractivity contribution is -0.204. The number of aliphatic hydroxyl groups is 1. The van der Waals surface area contributed by atoms with Gasteiger partial charge in [-0.15, -0.1) is 0 Å². The summed E-state index contributed by atoms with van der Waals surface area (Å²) >= 11 is 0. The van der Waals surface area contributed by atoms with Crippen LogP contribution >= 0.6 is 0 Å². The van der Waals surface area contributed by atoms with Crippen LogP contribution in [0.25, 0.3) is 0 Å². The molecule has 5 aliphatic carbocycles. The summed E-state index contributed by atoms with van der Waals surface area (Å²) in [6.45, 7) is 26.5. The van der Waals surface area contributed by atoms with Crippen LogP contribution in [0.3, 0.4) is 0 Å². The molecule has 2 N–H and O–H groups in total. The summed E-state index contributed by atoms with van der Waals surface area (Å²) < 4.78 is 29.3. The van der Waals surface area contributed by atoms with Crippen LogP contribution < -0.4 is 5.32 Å². The largest absolute Gasteiger partial charge is 0.466 e. The molecule has 7 nitrogen and oxygen atoms in total. The third kappa shape index (κ3) is 7.99. The average Bonchev–Trinajstić information content (AvgIpc) is 3.62. The maximum absolute atomic E-state index is 13.1. The van der Waals surface area contributed by atoms with Gasteiger partial charge < -0.3 is 20.1 Å². The van der Waals surface area contributed by atoms with E-state index in [1.807, 2.05) is 6.92 Å². The van der Waals surface area contributed by atoms with Crippen molar-refractivity contribution < 1.29 is 23.1 Å². The molecule has 6 aliphatic rings. The van der Waals surface area contributed by atoms with Crippen LogP contribution in [0.4, 0.5) is 0 Å². The van der Waals surface area contributed by atoms with E-state index in [0.717, 1.165) is 50.7 Å². The van der Waals surface area contributed by atoms with Crippen LogP contribution in [-0.4, -0.2) is 81.8 Å². The fourth-order valence-electron chi connectivity index (χ4n) is 14.4. The maximum atomic E-state index is 13.1. The van der Waals surface area contributed by atoms with Crippen LogP contribution in [0.2, 0.25) is 0 Å². The Balaban J connectivity index is 1.21. The number of fused-ring (bicyclic) bond motifs is 3. The molecule has 0 radical (unpaired) electrons. The second-order valence-corrected chi connectivity index (χ2v) is 22.8. The molecule has 0 amide bonds. The summed E-state index contributed by atoms with van der Waals surface area (Å²) in [5, 5.41) is 13.7. The number of allylic oxidation sites excluding steroid dienone is 5. The van der Waals surface area contributed by atoms with E-state index in [2.05, 4.69) is 70.5 Å². The first-order valence-electron chi connectivity index (χ1n) is 22.4. The molecule has 8 heteroatoms. The van der Waals surface area contributed by atoms with Gasteiger partial charge in [0.2, 0.25) is 0 Å². The van der Waals surface area contributed by atoms with Crippen molar-refractivity contribution in [3.63, 3.8) is 0 Å². The summed E-state index contributed by atoms with van der Waals surface area (Å²) in [5.74, 6) is 3.86. The van der Waals surface area contributed by atoms with E-state index in [9.17, 15) is 18.3 Å². The molecule has 9 atom stereocenters. The van der Waals surface area contributed by atoms with Gasteiger partial charge in [-0.1, -0.05) is 65.3 Å². The molecule has 0 spiro atoms. The van der Waals surface area contributed by atoms with Gasteiger partial charge in [0, 0.05) is 32.8 Å². The van der Waals surface area contributed by atoms with E-state index in [1.165, 1.54) is 74.5 Å². The Kier molecular flexibility index (Phi) is 13.0. The van der Waals surface area contributed by atoms with E-state index in [1.54, 1.807) is 0 Å². The minimum Gasteiger partial charge on any atom is -0.466 e. The molecule has 1 saturated heterocycles. The molecule has 6 rings (SSSR count). The SMILES string of the molecule is C=C(C)[C@@H]1CCC[C@H]1[C@H]1CC[C@@H]2[C@@]3(C)CC=C(C4=CC[C@@](CCO)(C(=O)OCC)CC4)C(C)(C)[C@@H]3CC[C@@]2(C)[C@]1(C)CCCNCCN1CCS(=O)(=O)CC1. The van der Waals surface area contributed by atoms with Crippen LogP contribution in [0.1, 0.15) is 138 Å². The average molecular weight is 783 g/mol. The number of hydrogen-bond donors (Lipinski definition) is 2. The van der Waals surface area contributed by atoms with Crippen molar-refractivity contribution in [3.05, 3.63) is 35.5 Å². The topological polar surface area (TPSA) is 95.9 Å². The van der Waals surface area contributed by atoms with Crippen LogP contribution in [0.15, 0.2) is 35.5 Å². The molecule has 0 aromatic carbocycles. The van der Waals surface area contributed by atoms with E-state index in [0.29, 0.717) is 61.8 Å². The minimum atomic E-state index is -2.84. The number of nitrogens with one attached hydrogen (secondary N) is 1. The second kappa shape index (κ2) is 16.6. The van der Waals surface area contributed by atoms with Gasteiger partial charge in [0.25, 0.3) is 0 Å². The van der Waals surface area contributed by atoms with Gasteiger partial charge in [-0.25, -0.2) is 8.42 Å². The Morgan fingerprint density at radius 2 is 1.71 bits per heavy atom. The van der Waals surface area contributed by atoms with Gasteiger partial charge in [0.05, 0.1) is 23.5 Å². The highest BCUT2D eigenvalue weighted by molar-refractivity contribution is 7.91. The lowest BCUT2D eigenvalue weighted by atomic mass is 9.34. The van der Waals surface area contributed by atoms with E-state index < -0.39 is 15.3 Å². The molecule has 1 heterocycles. The summed E-state index contributed by atoms with van der Waals surface area (Å²) in [4.78, 5) is 15.4. The van der Waals surface area contributed by atoms with Crippen LogP contribution in [0, 0.1) is 56.7 Å². The van der Waals surface area contributed by atoms with E-state index in [-0.39, 0.29) is 34.2 Å².